The van der Waals surface area contributed by atoms with Crippen molar-refractivity contribution in [3.05, 3.63) is 0 Å². The highest BCUT2D eigenvalue weighted by Crippen LogP contribution is 2.31. The molecule has 0 bridgehead atoms. The zero-order valence-corrected chi connectivity index (χ0v) is 16.6. The van der Waals surface area contributed by atoms with E-state index in [1.807, 2.05) is 0 Å². The maximum atomic E-state index is 9.96. The van der Waals surface area contributed by atoms with E-state index in [1.165, 1.54) is 32.1 Å². The Morgan fingerprint density at radius 2 is 1.12 bits per heavy atom. The van der Waals surface area contributed by atoms with Gasteiger partial charge in [0.25, 0.3) is 5.97 Å². The highest BCUT2D eigenvalue weighted by molar-refractivity contribution is 4.72. The first-order valence-corrected chi connectivity index (χ1v) is 10.2. The molecule has 4 nitrogen and oxygen atoms in total. The zero-order valence-electron chi connectivity index (χ0n) is 16.6. The third-order valence-electron chi connectivity index (χ3n) is 4.15. The van der Waals surface area contributed by atoms with Gasteiger partial charge in [-0.1, -0.05) is 66.2 Å². The number of aliphatic hydroxyl groups is 1. The molecule has 1 N–H and O–H groups in total. The minimum Gasteiger partial charge on any atom is -0.396 e. The summed E-state index contributed by atoms with van der Waals surface area (Å²) in [7, 11) is 0. The molecular formula is C20H42O4. The molecule has 0 rings (SSSR count). The van der Waals surface area contributed by atoms with E-state index in [0.29, 0.717) is 19.8 Å². The number of hydrogen-bond donors (Lipinski definition) is 1. The Bertz CT molecular complexity index is 236. The van der Waals surface area contributed by atoms with E-state index in [9.17, 15) is 5.11 Å². The monoisotopic (exact) mass is 346 g/mol. The van der Waals surface area contributed by atoms with Crippen molar-refractivity contribution in [1.82, 2.24) is 0 Å². The molecule has 4 heteroatoms. The molecule has 1 unspecified atom stereocenters. The van der Waals surface area contributed by atoms with Crippen LogP contribution < -0.4 is 0 Å². The highest BCUT2D eigenvalue weighted by Gasteiger charge is 2.42. The molecule has 0 aliphatic rings. The van der Waals surface area contributed by atoms with Gasteiger partial charge in [-0.25, -0.2) is 0 Å². The second-order valence-corrected chi connectivity index (χ2v) is 6.58. The Labute approximate surface area is 150 Å². The highest BCUT2D eigenvalue weighted by atomic mass is 16.9. The average molecular weight is 347 g/mol. The van der Waals surface area contributed by atoms with Crippen LogP contribution >= 0.6 is 0 Å². The molecule has 0 amide bonds. The molecule has 24 heavy (non-hydrogen) atoms. The molecule has 146 valence electrons. The molecule has 1 atom stereocenters. The number of rotatable bonds is 18. The topological polar surface area (TPSA) is 47.9 Å². The van der Waals surface area contributed by atoms with Gasteiger partial charge in [-0.15, -0.1) is 0 Å². The van der Waals surface area contributed by atoms with Crippen LogP contribution in [0.2, 0.25) is 0 Å². The molecule has 0 radical (unpaired) electrons. The van der Waals surface area contributed by atoms with Gasteiger partial charge >= 0.3 is 0 Å². The lowest BCUT2D eigenvalue weighted by Gasteiger charge is -2.39. The second kappa shape index (κ2) is 16.3. The van der Waals surface area contributed by atoms with Crippen molar-refractivity contribution in [3.8, 4) is 0 Å². The number of unbranched alkanes of at least 4 members (excludes halogenated alkanes) is 5. The SMILES string of the molecule is CCCCCCCCC(CO)C(OCCC)(OCCC)OCCC. The molecule has 0 saturated heterocycles. The first-order chi connectivity index (χ1) is 11.7. The predicted molar refractivity (Wildman–Crippen MR) is 100 cm³/mol. The van der Waals surface area contributed by atoms with Crippen molar-refractivity contribution < 1.29 is 19.3 Å². The second-order valence-electron chi connectivity index (χ2n) is 6.58. The van der Waals surface area contributed by atoms with Crippen molar-refractivity contribution in [3.63, 3.8) is 0 Å². The first-order valence-electron chi connectivity index (χ1n) is 10.2. The van der Waals surface area contributed by atoms with Crippen molar-refractivity contribution >= 4 is 0 Å². The third-order valence-corrected chi connectivity index (χ3v) is 4.15. The number of ether oxygens (including phenoxy) is 3. The lowest BCUT2D eigenvalue weighted by molar-refractivity contribution is -0.408. The Morgan fingerprint density at radius 3 is 1.54 bits per heavy atom. The third kappa shape index (κ3) is 9.97. The summed E-state index contributed by atoms with van der Waals surface area (Å²) >= 11 is 0. The van der Waals surface area contributed by atoms with E-state index < -0.39 is 5.97 Å². The molecular weight excluding hydrogens is 304 g/mol. The van der Waals surface area contributed by atoms with E-state index in [1.54, 1.807) is 0 Å². The summed E-state index contributed by atoms with van der Waals surface area (Å²) in [5, 5.41) is 9.96. The molecule has 0 spiro atoms. The van der Waals surface area contributed by atoms with Crippen molar-refractivity contribution in [2.24, 2.45) is 5.92 Å². The number of aliphatic hydroxyl groups excluding tert-OH is 1. The summed E-state index contributed by atoms with van der Waals surface area (Å²) in [4.78, 5) is 0. The molecule has 0 aliphatic heterocycles. The van der Waals surface area contributed by atoms with Crippen molar-refractivity contribution in [1.29, 1.82) is 0 Å². The van der Waals surface area contributed by atoms with Gasteiger partial charge in [0, 0.05) is 0 Å². The maximum Gasteiger partial charge on any atom is 0.288 e. The molecule has 0 aliphatic carbocycles. The quantitative estimate of drug-likeness (QED) is 0.271. The summed E-state index contributed by atoms with van der Waals surface area (Å²) in [6.07, 6.45) is 11.0. The lowest BCUT2D eigenvalue weighted by Crippen LogP contribution is -2.48. The summed E-state index contributed by atoms with van der Waals surface area (Å²) in [5.41, 5.74) is 0. The van der Waals surface area contributed by atoms with Gasteiger partial charge in [-0.2, -0.15) is 0 Å². The van der Waals surface area contributed by atoms with Crippen LogP contribution in [0.5, 0.6) is 0 Å². The molecule has 0 saturated carbocycles. The van der Waals surface area contributed by atoms with Crippen molar-refractivity contribution in [2.45, 2.75) is 97.9 Å². The summed E-state index contributed by atoms with van der Waals surface area (Å²) in [6.45, 7) is 10.2. The van der Waals surface area contributed by atoms with E-state index in [0.717, 1.165) is 32.1 Å². The summed E-state index contributed by atoms with van der Waals surface area (Å²) in [5.74, 6) is -1.21. The maximum absolute atomic E-state index is 9.96. The summed E-state index contributed by atoms with van der Waals surface area (Å²) < 4.78 is 18.1. The van der Waals surface area contributed by atoms with Gasteiger partial charge in [-0.05, 0) is 25.7 Å². The Kier molecular flexibility index (Phi) is 16.2. The minimum atomic E-state index is -1.08. The average Bonchev–Trinajstić information content (AvgIpc) is 2.61. The van der Waals surface area contributed by atoms with Crippen LogP contribution in [0.25, 0.3) is 0 Å². The van der Waals surface area contributed by atoms with E-state index in [4.69, 9.17) is 14.2 Å². The van der Waals surface area contributed by atoms with Gasteiger partial charge in [0.05, 0.1) is 32.3 Å². The van der Waals surface area contributed by atoms with E-state index >= 15 is 0 Å². The lowest BCUT2D eigenvalue weighted by atomic mass is 9.98. The van der Waals surface area contributed by atoms with E-state index in [2.05, 4.69) is 27.7 Å². The minimum absolute atomic E-state index is 0.0338. The fourth-order valence-electron chi connectivity index (χ4n) is 2.76. The van der Waals surface area contributed by atoms with Gasteiger partial charge < -0.3 is 19.3 Å². The van der Waals surface area contributed by atoms with Crippen LogP contribution in [0.1, 0.15) is 91.9 Å². The van der Waals surface area contributed by atoms with Gasteiger partial charge in [-0.3, -0.25) is 0 Å². The molecule has 0 aromatic heterocycles. The first kappa shape index (κ1) is 23.8. The predicted octanol–water partition coefficient (Wildman–Crippen LogP) is 5.28. The fraction of sp³-hybridized carbons (Fsp3) is 1.00. The van der Waals surface area contributed by atoms with Crippen LogP contribution in [0.15, 0.2) is 0 Å². The van der Waals surface area contributed by atoms with Crippen LogP contribution in [0.4, 0.5) is 0 Å². The Hall–Kier alpha value is -0.160. The fourth-order valence-corrected chi connectivity index (χ4v) is 2.76. The van der Waals surface area contributed by atoms with Crippen LogP contribution in [-0.2, 0) is 14.2 Å². The van der Waals surface area contributed by atoms with Gasteiger partial charge in [0.1, 0.15) is 0 Å². The normalized spacial score (nSPS) is 13.4. The molecule has 0 fully saturated rings. The smallest absolute Gasteiger partial charge is 0.288 e. The Balaban J connectivity index is 4.72. The molecule has 0 aromatic carbocycles. The molecule has 0 heterocycles. The Morgan fingerprint density at radius 1 is 0.667 bits per heavy atom. The number of hydrogen-bond acceptors (Lipinski definition) is 4. The van der Waals surface area contributed by atoms with Crippen LogP contribution in [0, 0.1) is 5.92 Å². The van der Waals surface area contributed by atoms with Gasteiger partial charge in [0.15, 0.2) is 0 Å². The van der Waals surface area contributed by atoms with Crippen molar-refractivity contribution in [2.75, 3.05) is 26.4 Å². The standard InChI is InChI=1S/C20H42O4/c1-5-9-10-11-12-13-14-19(18-21)20(22-15-6-2,23-16-7-3)24-17-8-4/h19,21H,5-18H2,1-4H3. The van der Waals surface area contributed by atoms with E-state index in [-0.39, 0.29) is 12.5 Å². The molecule has 0 aromatic rings. The largest absolute Gasteiger partial charge is 0.396 e. The van der Waals surface area contributed by atoms with Crippen LogP contribution in [0.3, 0.4) is 0 Å². The van der Waals surface area contributed by atoms with Gasteiger partial charge in [0.2, 0.25) is 0 Å². The van der Waals surface area contributed by atoms with Crippen LogP contribution in [-0.4, -0.2) is 37.5 Å². The summed E-state index contributed by atoms with van der Waals surface area (Å²) in [6, 6.07) is 0. The zero-order chi connectivity index (χ0) is 18.1.